The van der Waals surface area contributed by atoms with Gasteiger partial charge in [-0.25, -0.2) is 0 Å². The first-order valence-electron chi connectivity index (χ1n) is 8.54. The van der Waals surface area contributed by atoms with Gasteiger partial charge in [-0.05, 0) is 62.4 Å². The summed E-state index contributed by atoms with van der Waals surface area (Å²) in [7, 11) is 0. The number of hydrogen-bond donors (Lipinski definition) is 0. The van der Waals surface area contributed by atoms with E-state index in [4.69, 9.17) is 9.47 Å². The predicted molar refractivity (Wildman–Crippen MR) is 97.8 cm³/mol. The maximum absolute atomic E-state index is 14.2. The number of ether oxygens (including phenoxy) is 2. The van der Waals surface area contributed by atoms with Crippen molar-refractivity contribution in [1.29, 1.82) is 0 Å². The minimum Gasteiger partial charge on any atom is -0.429 e. The zero-order chi connectivity index (χ0) is 20.4. The maximum atomic E-state index is 14.2. The van der Waals surface area contributed by atoms with Crippen LogP contribution in [0.3, 0.4) is 0 Å². The highest BCUT2D eigenvalue weighted by molar-refractivity contribution is 5.34. The SMILES string of the molecule is Cc1ccc(C(F)(F)Oc2ccc(OC(F)(F)c3ccc(C)cc3)cc2)cc1. The molecule has 6 heteroatoms. The van der Waals surface area contributed by atoms with Gasteiger partial charge in [0, 0.05) is 0 Å². The fourth-order valence-electron chi connectivity index (χ4n) is 2.48. The van der Waals surface area contributed by atoms with Gasteiger partial charge in [-0.15, -0.1) is 0 Å². The van der Waals surface area contributed by atoms with Gasteiger partial charge in [-0.1, -0.05) is 35.4 Å². The van der Waals surface area contributed by atoms with E-state index in [9.17, 15) is 17.6 Å². The second-order valence-electron chi connectivity index (χ2n) is 6.44. The average Bonchev–Trinajstić information content (AvgIpc) is 2.64. The van der Waals surface area contributed by atoms with Crippen LogP contribution in [0.2, 0.25) is 0 Å². The predicted octanol–water partition coefficient (Wildman–Crippen LogP) is 6.56. The Balaban J connectivity index is 1.70. The van der Waals surface area contributed by atoms with E-state index < -0.39 is 12.2 Å². The third-order valence-corrected chi connectivity index (χ3v) is 4.09. The normalized spacial score (nSPS) is 11.9. The van der Waals surface area contributed by atoms with Crippen LogP contribution in [0.1, 0.15) is 22.3 Å². The second kappa shape index (κ2) is 7.54. The smallest absolute Gasteiger partial charge is 0.426 e. The Bertz CT molecular complexity index is 840. The summed E-state index contributed by atoms with van der Waals surface area (Å²) in [4.78, 5) is 0. The van der Waals surface area contributed by atoms with Gasteiger partial charge in [0.1, 0.15) is 11.5 Å². The van der Waals surface area contributed by atoms with Crippen LogP contribution in [-0.4, -0.2) is 0 Å². The highest BCUT2D eigenvalue weighted by Crippen LogP contribution is 2.35. The van der Waals surface area contributed by atoms with E-state index in [-0.39, 0.29) is 22.6 Å². The minimum atomic E-state index is -3.55. The molecule has 28 heavy (non-hydrogen) atoms. The highest BCUT2D eigenvalue weighted by atomic mass is 19.3. The summed E-state index contributed by atoms with van der Waals surface area (Å²) in [6.07, 6.45) is -7.11. The summed E-state index contributed by atoms with van der Waals surface area (Å²) in [6, 6.07) is 15.9. The van der Waals surface area contributed by atoms with Crippen molar-refractivity contribution in [1.82, 2.24) is 0 Å². The molecule has 0 atom stereocenters. The second-order valence-corrected chi connectivity index (χ2v) is 6.44. The van der Waals surface area contributed by atoms with Gasteiger partial charge in [0.2, 0.25) is 0 Å². The van der Waals surface area contributed by atoms with E-state index in [0.29, 0.717) is 0 Å². The third-order valence-electron chi connectivity index (χ3n) is 4.09. The van der Waals surface area contributed by atoms with Crippen molar-refractivity contribution in [3.05, 3.63) is 95.1 Å². The molecule has 0 heterocycles. The minimum absolute atomic E-state index is 0.170. The standard InChI is InChI=1S/C22H18F4O2/c1-15-3-7-17(8-4-15)21(23,24)27-19-11-13-20(14-12-19)28-22(25,26)18-9-5-16(2)6-10-18/h3-14H,1-2H3. The third kappa shape index (κ3) is 4.63. The van der Waals surface area contributed by atoms with E-state index in [0.717, 1.165) is 35.4 Å². The number of alkyl halides is 4. The number of benzene rings is 3. The lowest BCUT2D eigenvalue weighted by Crippen LogP contribution is -2.22. The lowest BCUT2D eigenvalue weighted by molar-refractivity contribution is -0.188. The zero-order valence-electron chi connectivity index (χ0n) is 15.3. The molecule has 3 rings (SSSR count). The van der Waals surface area contributed by atoms with Crippen molar-refractivity contribution in [2.45, 2.75) is 26.1 Å². The van der Waals surface area contributed by atoms with Crippen molar-refractivity contribution < 1.29 is 27.0 Å². The highest BCUT2D eigenvalue weighted by Gasteiger charge is 2.36. The Labute approximate surface area is 160 Å². The molecule has 0 aliphatic heterocycles. The first-order chi connectivity index (χ1) is 13.2. The van der Waals surface area contributed by atoms with E-state index in [2.05, 4.69) is 0 Å². The summed E-state index contributed by atoms with van der Waals surface area (Å²) in [5.74, 6) is -0.340. The van der Waals surface area contributed by atoms with Crippen LogP contribution in [0.25, 0.3) is 0 Å². The Kier molecular flexibility index (Phi) is 5.31. The van der Waals surface area contributed by atoms with E-state index in [1.807, 2.05) is 0 Å². The fraction of sp³-hybridized carbons (Fsp3) is 0.182. The molecule has 0 saturated carbocycles. The Morgan fingerprint density at radius 2 is 0.786 bits per heavy atom. The first kappa shape index (κ1) is 19.7. The van der Waals surface area contributed by atoms with Gasteiger partial charge in [0.05, 0.1) is 11.1 Å². The van der Waals surface area contributed by atoms with Crippen LogP contribution in [-0.2, 0) is 12.2 Å². The van der Waals surface area contributed by atoms with Crippen LogP contribution in [0.4, 0.5) is 17.6 Å². The summed E-state index contributed by atoms with van der Waals surface area (Å²) < 4.78 is 66.4. The van der Waals surface area contributed by atoms with E-state index in [1.165, 1.54) is 24.3 Å². The topological polar surface area (TPSA) is 18.5 Å². The van der Waals surface area contributed by atoms with Crippen LogP contribution in [0.5, 0.6) is 11.5 Å². The van der Waals surface area contributed by atoms with Crippen LogP contribution >= 0.6 is 0 Å². The van der Waals surface area contributed by atoms with Gasteiger partial charge >= 0.3 is 12.2 Å². The number of aryl methyl sites for hydroxylation is 2. The summed E-state index contributed by atoms with van der Waals surface area (Å²) >= 11 is 0. The molecular formula is C22H18F4O2. The van der Waals surface area contributed by atoms with Crippen molar-refractivity contribution in [3.8, 4) is 11.5 Å². The van der Waals surface area contributed by atoms with E-state index >= 15 is 0 Å². The summed E-state index contributed by atoms with van der Waals surface area (Å²) in [5.41, 5.74) is 1.08. The fourth-order valence-corrected chi connectivity index (χ4v) is 2.48. The van der Waals surface area contributed by atoms with Crippen molar-refractivity contribution in [2.75, 3.05) is 0 Å². The largest absolute Gasteiger partial charge is 0.429 e. The molecule has 0 aliphatic carbocycles. The number of halogens is 4. The monoisotopic (exact) mass is 390 g/mol. The lowest BCUT2D eigenvalue weighted by Gasteiger charge is -2.20. The molecule has 0 unspecified atom stereocenters. The molecule has 0 bridgehead atoms. The molecule has 0 N–H and O–H groups in total. The molecule has 0 aliphatic rings. The number of rotatable bonds is 6. The summed E-state index contributed by atoms with van der Waals surface area (Å²) in [5, 5.41) is 0. The van der Waals surface area contributed by atoms with Crippen LogP contribution < -0.4 is 9.47 Å². The average molecular weight is 390 g/mol. The van der Waals surface area contributed by atoms with Gasteiger partial charge in [-0.3, -0.25) is 0 Å². The number of hydrogen-bond acceptors (Lipinski definition) is 2. The van der Waals surface area contributed by atoms with Gasteiger partial charge in [-0.2, -0.15) is 17.6 Å². The van der Waals surface area contributed by atoms with Gasteiger partial charge < -0.3 is 9.47 Å². The molecule has 146 valence electrons. The van der Waals surface area contributed by atoms with Gasteiger partial charge in [0.15, 0.2) is 0 Å². The summed E-state index contributed by atoms with van der Waals surface area (Å²) in [6.45, 7) is 3.57. The molecule has 0 saturated heterocycles. The van der Waals surface area contributed by atoms with Crippen LogP contribution in [0.15, 0.2) is 72.8 Å². The van der Waals surface area contributed by atoms with Crippen molar-refractivity contribution >= 4 is 0 Å². The molecule has 0 aromatic heterocycles. The van der Waals surface area contributed by atoms with Crippen LogP contribution in [0, 0.1) is 13.8 Å². The Morgan fingerprint density at radius 1 is 0.500 bits per heavy atom. The Morgan fingerprint density at radius 3 is 1.07 bits per heavy atom. The lowest BCUT2D eigenvalue weighted by atomic mass is 10.1. The molecule has 3 aromatic rings. The molecule has 3 aromatic carbocycles. The molecule has 0 spiro atoms. The molecule has 0 radical (unpaired) electrons. The molecule has 0 fully saturated rings. The quantitative estimate of drug-likeness (QED) is 0.444. The molecule has 2 nitrogen and oxygen atoms in total. The van der Waals surface area contributed by atoms with E-state index in [1.54, 1.807) is 38.1 Å². The van der Waals surface area contributed by atoms with Gasteiger partial charge in [0.25, 0.3) is 0 Å². The maximum Gasteiger partial charge on any atom is 0.426 e. The Hall–Kier alpha value is -3.02. The molecule has 0 amide bonds. The van der Waals surface area contributed by atoms with Crippen molar-refractivity contribution in [2.24, 2.45) is 0 Å². The molecular weight excluding hydrogens is 372 g/mol. The zero-order valence-corrected chi connectivity index (χ0v) is 15.3. The first-order valence-corrected chi connectivity index (χ1v) is 8.54. The van der Waals surface area contributed by atoms with Crippen molar-refractivity contribution in [3.63, 3.8) is 0 Å².